The zero-order chi connectivity index (χ0) is 26.4. The minimum atomic E-state index is -3.60. The Morgan fingerprint density at radius 3 is 2.41 bits per heavy atom. The molecule has 0 atom stereocenters. The summed E-state index contributed by atoms with van der Waals surface area (Å²) in [5, 5.41) is 2.80. The van der Waals surface area contributed by atoms with E-state index < -0.39 is 15.9 Å². The number of benzene rings is 3. The summed E-state index contributed by atoms with van der Waals surface area (Å²) in [6, 6.07) is 20.2. The summed E-state index contributed by atoms with van der Waals surface area (Å²) in [6.07, 6.45) is 0. The van der Waals surface area contributed by atoms with Crippen LogP contribution in [0.15, 0.2) is 77.7 Å². The standard InChI is InChI=1S/C27H29N3O6S/c1-3-29(4-2)37(33,34)23-13-10-20(11-14-23)27(32)28-21-12-15-24-25(18-21)36-19-26(31)30(24)16-17-35-22-8-6-5-7-9-22/h5-15,18H,3-4,16-17,19H2,1-2H3,(H,28,32). The van der Waals surface area contributed by atoms with Crippen LogP contribution in [0.2, 0.25) is 0 Å². The number of carbonyl (C=O) groups is 2. The molecule has 10 heteroatoms. The number of anilines is 2. The minimum Gasteiger partial charge on any atom is -0.492 e. The molecule has 1 N–H and O–H groups in total. The molecule has 0 fully saturated rings. The van der Waals surface area contributed by atoms with Crippen molar-refractivity contribution in [1.29, 1.82) is 0 Å². The number of amides is 2. The maximum Gasteiger partial charge on any atom is 0.265 e. The van der Waals surface area contributed by atoms with Crippen LogP contribution in [0.3, 0.4) is 0 Å². The predicted octanol–water partition coefficient (Wildman–Crippen LogP) is 3.77. The van der Waals surface area contributed by atoms with Gasteiger partial charge in [0.25, 0.3) is 11.8 Å². The van der Waals surface area contributed by atoms with Gasteiger partial charge in [-0.2, -0.15) is 4.31 Å². The average molecular weight is 524 g/mol. The number of nitrogens with one attached hydrogen (secondary N) is 1. The van der Waals surface area contributed by atoms with Crippen LogP contribution in [0.5, 0.6) is 11.5 Å². The zero-order valence-electron chi connectivity index (χ0n) is 20.7. The molecule has 9 nitrogen and oxygen atoms in total. The van der Waals surface area contributed by atoms with E-state index in [1.165, 1.54) is 28.6 Å². The first-order valence-corrected chi connectivity index (χ1v) is 13.4. The molecule has 2 amide bonds. The minimum absolute atomic E-state index is 0.113. The summed E-state index contributed by atoms with van der Waals surface area (Å²) in [5.74, 6) is 0.616. The van der Waals surface area contributed by atoms with Crippen molar-refractivity contribution in [2.75, 3.05) is 43.1 Å². The summed E-state index contributed by atoms with van der Waals surface area (Å²) < 4.78 is 38.0. The maximum absolute atomic E-state index is 12.8. The topological polar surface area (TPSA) is 105 Å². The number of sulfonamides is 1. The highest BCUT2D eigenvalue weighted by molar-refractivity contribution is 7.89. The number of ether oxygens (including phenoxy) is 2. The highest BCUT2D eigenvalue weighted by Crippen LogP contribution is 2.34. The molecule has 1 aliphatic heterocycles. The predicted molar refractivity (Wildman–Crippen MR) is 141 cm³/mol. The van der Waals surface area contributed by atoms with Crippen LogP contribution < -0.4 is 19.7 Å². The van der Waals surface area contributed by atoms with Gasteiger partial charge >= 0.3 is 0 Å². The normalized spacial score (nSPS) is 13.2. The van der Waals surface area contributed by atoms with Gasteiger partial charge in [-0.1, -0.05) is 32.0 Å². The fourth-order valence-corrected chi connectivity index (χ4v) is 5.45. The van der Waals surface area contributed by atoms with Crippen LogP contribution in [0.4, 0.5) is 11.4 Å². The highest BCUT2D eigenvalue weighted by Gasteiger charge is 2.26. The van der Waals surface area contributed by atoms with E-state index in [0.717, 1.165) is 5.75 Å². The van der Waals surface area contributed by atoms with Gasteiger partial charge in [-0.05, 0) is 48.5 Å². The average Bonchev–Trinajstić information content (AvgIpc) is 2.91. The molecule has 0 unspecified atom stereocenters. The third-order valence-corrected chi connectivity index (χ3v) is 8.01. The van der Waals surface area contributed by atoms with Crippen molar-refractivity contribution in [3.8, 4) is 11.5 Å². The molecule has 37 heavy (non-hydrogen) atoms. The van der Waals surface area contributed by atoms with E-state index in [9.17, 15) is 18.0 Å². The quantitative estimate of drug-likeness (QED) is 0.434. The molecule has 0 aliphatic carbocycles. The molecule has 1 aliphatic rings. The van der Waals surface area contributed by atoms with E-state index in [0.29, 0.717) is 48.9 Å². The van der Waals surface area contributed by atoms with Gasteiger partial charge < -0.3 is 19.7 Å². The van der Waals surface area contributed by atoms with E-state index in [-0.39, 0.29) is 17.4 Å². The molecule has 3 aromatic rings. The second-order valence-electron chi connectivity index (χ2n) is 8.25. The number of carbonyl (C=O) groups excluding carboxylic acids is 2. The van der Waals surface area contributed by atoms with E-state index in [2.05, 4.69) is 5.32 Å². The lowest BCUT2D eigenvalue weighted by Gasteiger charge is -2.29. The highest BCUT2D eigenvalue weighted by atomic mass is 32.2. The maximum atomic E-state index is 12.8. The van der Waals surface area contributed by atoms with E-state index in [1.54, 1.807) is 36.9 Å². The SMILES string of the molecule is CCN(CC)S(=O)(=O)c1ccc(C(=O)Nc2ccc3c(c2)OCC(=O)N3CCOc2ccccc2)cc1. The smallest absolute Gasteiger partial charge is 0.265 e. The lowest BCUT2D eigenvalue weighted by atomic mass is 10.2. The molecule has 0 bridgehead atoms. The Hall–Kier alpha value is -3.89. The molecular weight excluding hydrogens is 494 g/mol. The molecule has 194 valence electrons. The van der Waals surface area contributed by atoms with E-state index >= 15 is 0 Å². The molecule has 0 saturated carbocycles. The third kappa shape index (κ3) is 5.92. The number of fused-ring (bicyclic) bond motifs is 1. The van der Waals surface area contributed by atoms with Crippen LogP contribution in [-0.4, -0.2) is 57.4 Å². The fourth-order valence-electron chi connectivity index (χ4n) is 3.99. The summed E-state index contributed by atoms with van der Waals surface area (Å²) in [4.78, 5) is 27.0. The third-order valence-electron chi connectivity index (χ3n) is 5.95. The number of hydrogen-bond acceptors (Lipinski definition) is 6. The Kier molecular flexibility index (Phi) is 8.10. The monoisotopic (exact) mass is 523 g/mol. The van der Waals surface area contributed by atoms with Gasteiger partial charge in [-0.3, -0.25) is 9.59 Å². The molecule has 0 saturated heterocycles. The summed E-state index contributed by atoms with van der Waals surface area (Å²) >= 11 is 0. The largest absolute Gasteiger partial charge is 0.492 e. The zero-order valence-corrected chi connectivity index (χ0v) is 21.5. The number of hydrogen-bond donors (Lipinski definition) is 1. The number of rotatable bonds is 10. The first-order valence-electron chi connectivity index (χ1n) is 12.0. The second-order valence-corrected chi connectivity index (χ2v) is 10.2. The lowest BCUT2D eigenvalue weighted by molar-refractivity contribution is -0.121. The summed E-state index contributed by atoms with van der Waals surface area (Å²) in [5.41, 5.74) is 1.39. The molecule has 1 heterocycles. The van der Waals surface area contributed by atoms with Gasteiger partial charge in [0.2, 0.25) is 10.0 Å². The van der Waals surface area contributed by atoms with Crippen LogP contribution >= 0.6 is 0 Å². The van der Waals surface area contributed by atoms with Gasteiger partial charge in [0, 0.05) is 30.4 Å². The van der Waals surface area contributed by atoms with Crippen LogP contribution in [0, 0.1) is 0 Å². The Labute approximate surface area is 216 Å². The van der Waals surface area contributed by atoms with Crippen molar-refractivity contribution in [3.05, 3.63) is 78.4 Å². The molecule has 0 aromatic heterocycles. The van der Waals surface area contributed by atoms with Crippen molar-refractivity contribution in [3.63, 3.8) is 0 Å². The van der Waals surface area contributed by atoms with Crippen molar-refractivity contribution in [2.24, 2.45) is 0 Å². The van der Waals surface area contributed by atoms with Gasteiger partial charge in [0.05, 0.1) is 17.1 Å². The first-order chi connectivity index (χ1) is 17.8. The number of nitrogens with zero attached hydrogens (tertiary/aromatic N) is 2. The van der Waals surface area contributed by atoms with Crippen molar-refractivity contribution < 1.29 is 27.5 Å². The van der Waals surface area contributed by atoms with E-state index in [4.69, 9.17) is 9.47 Å². The summed E-state index contributed by atoms with van der Waals surface area (Å²) in [6.45, 7) is 4.83. The number of para-hydroxylation sites is 1. The van der Waals surface area contributed by atoms with Gasteiger partial charge in [-0.25, -0.2) is 8.42 Å². The van der Waals surface area contributed by atoms with Crippen LogP contribution in [0.1, 0.15) is 24.2 Å². The van der Waals surface area contributed by atoms with Gasteiger partial charge in [0.1, 0.15) is 18.1 Å². The summed E-state index contributed by atoms with van der Waals surface area (Å²) in [7, 11) is -3.60. The fraction of sp³-hybridized carbons (Fsp3) is 0.259. The molecule has 4 rings (SSSR count). The van der Waals surface area contributed by atoms with Gasteiger partial charge in [0.15, 0.2) is 6.61 Å². The Balaban J connectivity index is 1.42. The molecule has 0 spiro atoms. The van der Waals surface area contributed by atoms with Crippen LogP contribution in [-0.2, 0) is 14.8 Å². The lowest BCUT2D eigenvalue weighted by Crippen LogP contribution is -2.41. The molecule has 3 aromatic carbocycles. The van der Waals surface area contributed by atoms with Gasteiger partial charge in [-0.15, -0.1) is 0 Å². The molecule has 0 radical (unpaired) electrons. The van der Waals surface area contributed by atoms with Crippen molar-refractivity contribution in [2.45, 2.75) is 18.7 Å². The first kappa shape index (κ1) is 26.2. The Morgan fingerprint density at radius 2 is 1.73 bits per heavy atom. The Morgan fingerprint density at radius 1 is 1.03 bits per heavy atom. The van der Waals surface area contributed by atoms with Crippen LogP contribution in [0.25, 0.3) is 0 Å². The van der Waals surface area contributed by atoms with E-state index in [1.807, 2.05) is 30.3 Å². The Bertz CT molecular complexity index is 1360. The van der Waals surface area contributed by atoms with Crippen molar-refractivity contribution in [1.82, 2.24) is 4.31 Å². The second kappa shape index (κ2) is 11.4. The van der Waals surface area contributed by atoms with Crippen molar-refractivity contribution >= 4 is 33.2 Å². The molecular formula is C27H29N3O6S.